The Labute approximate surface area is 176 Å². The third-order valence-corrected chi connectivity index (χ3v) is 7.30. The first-order valence-electron chi connectivity index (χ1n) is 9.04. The number of carbonyl (C=O) groups excluding carboxylic acids is 1. The summed E-state index contributed by atoms with van der Waals surface area (Å²) in [6.45, 7) is 3.17. The highest BCUT2D eigenvalue weighted by atomic mass is 79.9. The van der Waals surface area contributed by atoms with Gasteiger partial charge in [-0.05, 0) is 52.7 Å². The molecule has 0 atom stereocenters. The van der Waals surface area contributed by atoms with Crippen LogP contribution in [0.5, 0.6) is 0 Å². The van der Waals surface area contributed by atoms with Crippen molar-refractivity contribution < 1.29 is 22.4 Å². The summed E-state index contributed by atoms with van der Waals surface area (Å²) in [6, 6.07) is 11.9. The number of morpholine rings is 1. The van der Waals surface area contributed by atoms with Gasteiger partial charge in [-0.15, -0.1) is 0 Å². The summed E-state index contributed by atoms with van der Waals surface area (Å²) >= 11 is 3.40. The molecule has 2 aromatic carbocycles. The first kappa shape index (κ1) is 20.1. The Kier molecular flexibility index (Phi) is 5.48. The number of para-hydroxylation sites is 1. The van der Waals surface area contributed by atoms with Crippen LogP contribution in [0.1, 0.15) is 16.1 Å². The number of amides is 1. The van der Waals surface area contributed by atoms with Crippen LogP contribution in [-0.4, -0.2) is 44.9 Å². The maximum Gasteiger partial charge on any atom is 0.291 e. The number of carbonyl (C=O) groups is 1. The fraction of sp³-hybridized carbons (Fsp3) is 0.250. The second-order valence-electron chi connectivity index (χ2n) is 6.72. The van der Waals surface area contributed by atoms with Crippen LogP contribution >= 0.6 is 15.9 Å². The standard InChI is InChI=1S/C20H19BrN2O5S/c1-13-5-6-15(29(25,26)23-7-9-27-10-8-23)12-17(13)22-20(24)18-11-14-3-2-4-16(21)19(14)28-18/h2-6,11-12H,7-10H2,1H3,(H,22,24). The van der Waals surface area contributed by atoms with E-state index in [1.54, 1.807) is 25.1 Å². The average Bonchev–Trinajstić information content (AvgIpc) is 3.16. The number of ether oxygens (including phenoxy) is 1. The molecule has 0 unspecified atom stereocenters. The van der Waals surface area contributed by atoms with Crippen molar-refractivity contribution in [2.75, 3.05) is 31.6 Å². The Morgan fingerprint density at radius 1 is 1.14 bits per heavy atom. The fourth-order valence-electron chi connectivity index (χ4n) is 3.16. The number of rotatable bonds is 4. The lowest BCUT2D eigenvalue weighted by atomic mass is 10.2. The minimum absolute atomic E-state index is 0.132. The molecule has 152 valence electrons. The molecule has 0 aliphatic carbocycles. The van der Waals surface area contributed by atoms with E-state index >= 15 is 0 Å². The highest BCUT2D eigenvalue weighted by molar-refractivity contribution is 9.10. The van der Waals surface area contributed by atoms with Crippen molar-refractivity contribution in [1.82, 2.24) is 4.31 Å². The van der Waals surface area contributed by atoms with E-state index in [-0.39, 0.29) is 10.7 Å². The normalized spacial score (nSPS) is 15.5. The summed E-state index contributed by atoms with van der Waals surface area (Å²) in [5, 5.41) is 3.56. The van der Waals surface area contributed by atoms with Crippen LogP contribution < -0.4 is 5.32 Å². The Morgan fingerprint density at radius 2 is 1.90 bits per heavy atom. The summed E-state index contributed by atoms with van der Waals surface area (Å²) in [4.78, 5) is 12.8. The highest BCUT2D eigenvalue weighted by Crippen LogP contribution is 2.28. The van der Waals surface area contributed by atoms with E-state index in [1.165, 1.54) is 10.4 Å². The molecule has 0 saturated carbocycles. The van der Waals surface area contributed by atoms with Gasteiger partial charge in [0.1, 0.15) is 5.58 Å². The fourth-order valence-corrected chi connectivity index (χ4v) is 5.05. The van der Waals surface area contributed by atoms with Gasteiger partial charge >= 0.3 is 0 Å². The first-order chi connectivity index (χ1) is 13.9. The van der Waals surface area contributed by atoms with Crippen LogP contribution in [0.25, 0.3) is 11.0 Å². The number of benzene rings is 2. The molecule has 1 N–H and O–H groups in total. The summed E-state index contributed by atoms with van der Waals surface area (Å²) < 4.78 is 38.8. The lowest BCUT2D eigenvalue weighted by molar-refractivity contribution is 0.0730. The van der Waals surface area contributed by atoms with Crippen LogP contribution in [0.15, 0.2) is 56.2 Å². The Balaban J connectivity index is 1.62. The van der Waals surface area contributed by atoms with E-state index in [0.717, 1.165) is 15.4 Å². The van der Waals surface area contributed by atoms with E-state index in [1.807, 2.05) is 18.2 Å². The number of halogens is 1. The van der Waals surface area contributed by atoms with Gasteiger partial charge in [0.2, 0.25) is 10.0 Å². The quantitative estimate of drug-likeness (QED) is 0.616. The molecule has 1 fully saturated rings. The van der Waals surface area contributed by atoms with Crippen molar-refractivity contribution in [3.8, 4) is 0 Å². The van der Waals surface area contributed by atoms with Crippen molar-refractivity contribution >= 4 is 48.5 Å². The molecular formula is C20H19BrN2O5S. The number of sulfonamides is 1. The molecule has 1 aromatic heterocycles. The predicted molar refractivity (Wildman–Crippen MR) is 113 cm³/mol. The van der Waals surface area contributed by atoms with Gasteiger partial charge in [0.25, 0.3) is 5.91 Å². The van der Waals surface area contributed by atoms with E-state index in [9.17, 15) is 13.2 Å². The number of hydrogen-bond donors (Lipinski definition) is 1. The molecule has 7 nitrogen and oxygen atoms in total. The van der Waals surface area contributed by atoms with E-state index in [2.05, 4.69) is 21.2 Å². The van der Waals surface area contributed by atoms with E-state index in [0.29, 0.717) is 37.6 Å². The number of furan rings is 1. The average molecular weight is 479 g/mol. The zero-order valence-electron chi connectivity index (χ0n) is 15.6. The Hall–Kier alpha value is -2.20. The van der Waals surface area contributed by atoms with Crippen LogP contribution in [0.3, 0.4) is 0 Å². The molecule has 29 heavy (non-hydrogen) atoms. The minimum Gasteiger partial charge on any atom is -0.450 e. The van der Waals surface area contributed by atoms with Gasteiger partial charge in [-0.1, -0.05) is 18.2 Å². The van der Waals surface area contributed by atoms with Gasteiger partial charge in [0, 0.05) is 24.2 Å². The third kappa shape index (κ3) is 3.95. The molecule has 1 aliphatic rings. The van der Waals surface area contributed by atoms with Gasteiger partial charge in [-0.2, -0.15) is 4.31 Å². The van der Waals surface area contributed by atoms with Crippen LogP contribution in [0, 0.1) is 6.92 Å². The van der Waals surface area contributed by atoms with E-state index in [4.69, 9.17) is 9.15 Å². The maximum absolute atomic E-state index is 12.9. The van der Waals surface area contributed by atoms with Crippen molar-refractivity contribution in [1.29, 1.82) is 0 Å². The summed E-state index contributed by atoms with van der Waals surface area (Å²) in [5.74, 6) is -0.301. The minimum atomic E-state index is -3.66. The molecule has 2 heterocycles. The molecule has 1 amide bonds. The van der Waals surface area contributed by atoms with Crippen molar-refractivity contribution in [3.05, 3.63) is 58.3 Å². The molecule has 9 heteroatoms. The van der Waals surface area contributed by atoms with Gasteiger partial charge < -0.3 is 14.5 Å². The monoisotopic (exact) mass is 478 g/mol. The Morgan fingerprint density at radius 3 is 2.62 bits per heavy atom. The van der Waals surface area contributed by atoms with Crippen LogP contribution in [-0.2, 0) is 14.8 Å². The molecule has 0 spiro atoms. The molecule has 1 saturated heterocycles. The first-order valence-corrected chi connectivity index (χ1v) is 11.3. The number of fused-ring (bicyclic) bond motifs is 1. The lowest BCUT2D eigenvalue weighted by Gasteiger charge is -2.26. The smallest absolute Gasteiger partial charge is 0.291 e. The molecular weight excluding hydrogens is 460 g/mol. The van der Waals surface area contributed by atoms with Crippen molar-refractivity contribution in [3.63, 3.8) is 0 Å². The van der Waals surface area contributed by atoms with Crippen LogP contribution in [0.2, 0.25) is 0 Å². The molecule has 3 aromatic rings. The van der Waals surface area contributed by atoms with Crippen molar-refractivity contribution in [2.24, 2.45) is 0 Å². The largest absolute Gasteiger partial charge is 0.450 e. The maximum atomic E-state index is 12.9. The van der Waals surface area contributed by atoms with Gasteiger partial charge in [-0.3, -0.25) is 4.79 Å². The van der Waals surface area contributed by atoms with Gasteiger partial charge in [-0.25, -0.2) is 8.42 Å². The summed E-state index contributed by atoms with van der Waals surface area (Å²) in [5.41, 5.74) is 1.75. The Bertz CT molecular complexity index is 1180. The number of anilines is 1. The summed E-state index contributed by atoms with van der Waals surface area (Å²) in [7, 11) is -3.66. The lowest BCUT2D eigenvalue weighted by Crippen LogP contribution is -2.40. The number of hydrogen-bond acceptors (Lipinski definition) is 5. The van der Waals surface area contributed by atoms with Gasteiger partial charge in [0.05, 0.1) is 22.6 Å². The molecule has 1 aliphatic heterocycles. The third-order valence-electron chi connectivity index (χ3n) is 4.78. The molecule has 4 rings (SSSR count). The SMILES string of the molecule is Cc1ccc(S(=O)(=O)N2CCOCC2)cc1NC(=O)c1cc2cccc(Br)c2o1. The predicted octanol–water partition coefficient (Wildman–Crippen LogP) is 3.78. The van der Waals surface area contributed by atoms with Crippen molar-refractivity contribution in [2.45, 2.75) is 11.8 Å². The zero-order valence-corrected chi connectivity index (χ0v) is 18.0. The van der Waals surface area contributed by atoms with Gasteiger partial charge in [0.15, 0.2) is 5.76 Å². The number of nitrogens with zero attached hydrogens (tertiary/aromatic N) is 1. The highest BCUT2D eigenvalue weighted by Gasteiger charge is 2.27. The van der Waals surface area contributed by atoms with Crippen LogP contribution in [0.4, 0.5) is 5.69 Å². The molecule has 0 radical (unpaired) electrons. The molecule has 0 bridgehead atoms. The summed E-state index contributed by atoms with van der Waals surface area (Å²) in [6.07, 6.45) is 0. The zero-order chi connectivity index (χ0) is 20.6. The topological polar surface area (TPSA) is 88.9 Å². The second-order valence-corrected chi connectivity index (χ2v) is 9.51. The number of nitrogens with one attached hydrogen (secondary N) is 1. The second kappa shape index (κ2) is 7.91. The number of aryl methyl sites for hydroxylation is 1. The van der Waals surface area contributed by atoms with E-state index < -0.39 is 15.9 Å².